The Hall–Kier alpha value is -1.58. The van der Waals surface area contributed by atoms with Gasteiger partial charge in [-0.3, -0.25) is 9.59 Å². The van der Waals surface area contributed by atoms with Crippen LogP contribution in [0.1, 0.15) is 73.6 Å². The molecule has 0 aromatic heterocycles. The first-order valence-electron chi connectivity index (χ1n) is 9.34. The molecule has 4 heteroatoms. The topological polar surface area (TPSA) is 52.6 Å². The molecule has 140 valence electrons. The van der Waals surface area contributed by atoms with Crippen LogP contribution in [0.4, 0.5) is 0 Å². The van der Waals surface area contributed by atoms with Crippen molar-refractivity contribution in [2.45, 2.75) is 84.8 Å². The maximum atomic E-state index is 12.8. The van der Waals surface area contributed by atoms with Crippen LogP contribution >= 0.6 is 0 Å². The second-order valence-electron chi connectivity index (χ2n) is 9.06. The van der Waals surface area contributed by atoms with E-state index in [1.807, 2.05) is 53.7 Å². The van der Waals surface area contributed by atoms with Crippen molar-refractivity contribution >= 4 is 11.9 Å². The molecule has 0 spiro atoms. The van der Waals surface area contributed by atoms with Crippen LogP contribution in [0.25, 0.3) is 0 Å². The van der Waals surface area contributed by atoms with E-state index in [9.17, 15) is 9.59 Å². The van der Waals surface area contributed by atoms with Gasteiger partial charge >= 0.3 is 11.9 Å². The summed E-state index contributed by atoms with van der Waals surface area (Å²) in [6.45, 7) is 11.1. The van der Waals surface area contributed by atoms with Crippen molar-refractivity contribution in [1.82, 2.24) is 0 Å². The van der Waals surface area contributed by atoms with E-state index >= 15 is 0 Å². The Morgan fingerprint density at radius 2 is 1.12 bits per heavy atom. The molecule has 0 aliphatic heterocycles. The molecule has 1 saturated carbocycles. The Kier molecular flexibility index (Phi) is 5.80. The highest BCUT2D eigenvalue weighted by Crippen LogP contribution is 2.37. The summed E-state index contributed by atoms with van der Waals surface area (Å²) < 4.78 is 11.2. The molecule has 0 bridgehead atoms. The molecular formula is C21H32O4. The zero-order valence-corrected chi connectivity index (χ0v) is 16.5. The minimum Gasteiger partial charge on any atom is -0.459 e. The summed E-state index contributed by atoms with van der Waals surface area (Å²) in [6, 6.07) is 0. The number of hydrogen-bond acceptors (Lipinski definition) is 4. The van der Waals surface area contributed by atoms with E-state index in [0.29, 0.717) is 0 Å². The lowest BCUT2D eigenvalue weighted by Gasteiger charge is -2.31. The first kappa shape index (κ1) is 19.7. The molecule has 0 unspecified atom stereocenters. The highest BCUT2D eigenvalue weighted by Gasteiger charge is 2.39. The summed E-state index contributed by atoms with van der Waals surface area (Å²) in [5.41, 5.74) is 1.24. The van der Waals surface area contributed by atoms with Crippen molar-refractivity contribution in [2.75, 3.05) is 0 Å². The summed E-state index contributed by atoms with van der Waals surface area (Å²) in [4.78, 5) is 25.5. The summed E-state index contributed by atoms with van der Waals surface area (Å²) in [5.74, 6) is -1.91. The van der Waals surface area contributed by atoms with Gasteiger partial charge < -0.3 is 9.47 Å². The molecule has 1 fully saturated rings. The minimum atomic E-state index is -0.606. The number of ether oxygens (including phenoxy) is 2. The fourth-order valence-corrected chi connectivity index (χ4v) is 3.32. The molecule has 0 aromatic carbocycles. The molecule has 0 amide bonds. The third-order valence-electron chi connectivity index (χ3n) is 4.31. The monoisotopic (exact) mass is 348 g/mol. The molecule has 25 heavy (non-hydrogen) atoms. The van der Waals surface area contributed by atoms with Crippen molar-refractivity contribution in [3.8, 4) is 0 Å². The van der Waals surface area contributed by atoms with Crippen LogP contribution in [0.15, 0.2) is 23.3 Å². The zero-order valence-electron chi connectivity index (χ0n) is 16.5. The number of fused-ring (bicyclic) bond motifs is 1. The third-order valence-corrected chi connectivity index (χ3v) is 4.31. The van der Waals surface area contributed by atoms with E-state index in [1.165, 1.54) is 17.6 Å². The van der Waals surface area contributed by atoms with Gasteiger partial charge in [0, 0.05) is 0 Å². The van der Waals surface area contributed by atoms with Crippen LogP contribution < -0.4 is 0 Å². The number of carbonyl (C=O) groups excluding carboxylic acids is 2. The van der Waals surface area contributed by atoms with Gasteiger partial charge in [0.25, 0.3) is 0 Å². The average Bonchev–Trinajstić information content (AvgIpc) is 2.66. The lowest BCUT2D eigenvalue weighted by molar-refractivity contribution is -0.169. The van der Waals surface area contributed by atoms with Crippen LogP contribution in [0, 0.1) is 11.8 Å². The molecule has 2 aliphatic rings. The Balaban J connectivity index is 2.32. The lowest BCUT2D eigenvalue weighted by atomic mass is 9.80. The largest absolute Gasteiger partial charge is 0.459 e. The number of carbonyl (C=O) groups is 2. The maximum absolute atomic E-state index is 12.8. The van der Waals surface area contributed by atoms with Gasteiger partial charge in [-0.25, -0.2) is 0 Å². The van der Waals surface area contributed by atoms with Crippen molar-refractivity contribution in [2.24, 2.45) is 11.8 Å². The van der Waals surface area contributed by atoms with Crippen molar-refractivity contribution < 1.29 is 19.1 Å². The summed E-state index contributed by atoms with van der Waals surface area (Å²) >= 11 is 0. The minimum absolute atomic E-state index is 0.351. The Labute approximate surface area is 151 Å². The molecule has 2 aliphatic carbocycles. The second kappa shape index (κ2) is 7.35. The third kappa shape index (κ3) is 5.72. The van der Waals surface area contributed by atoms with Crippen molar-refractivity contribution in [3.63, 3.8) is 0 Å². The van der Waals surface area contributed by atoms with Gasteiger partial charge in [-0.05, 0) is 78.4 Å². The quantitative estimate of drug-likeness (QED) is 0.677. The van der Waals surface area contributed by atoms with Crippen LogP contribution in [-0.4, -0.2) is 23.1 Å². The fraction of sp³-hybridized carbons (Fsp3) is 0.714. The molecule has 0 N–H and O–H groups in total. The Bertz CT molecular complexity index is 532. The van der Waals surface area contributed by atoms with E-state index in [0.717, 1.165) is 25.7 Å². The van der Waals surface area contributed by atoms with E-state index in [-0.39, 0.29) is 11.9 Å². The number of rotatable bonds is 2. The predicted molar refractivity (Wildman–Crippen MR) is 97.9 cm³/mol. The maximum Gasteiger partial charge on any atom is 0.314 e. The smallest absolute Gasteiger partial charge is 0.314 e. The second-order valence-corrected chi connectivity index (χ2v) is 9.06. The first-order chi connectivity index (χ1) is 11.5. The summed E-state index contributed by atoms with van der Waals surface area (Å²) in [7, 11) is 0. The molecule has 2 rings (SSSR count). The Morgan fingerprint density at radius 1 is 0.760 bits per heavy atom. The van der Waals surface area contributed by atoms with Crippen LogP contribution in [0.5, 0.6) is 0 Å². The zero-order chi connectivity index (χ0) is 18.8. The van der Waals surface area contributed by atoms with Gasteiger partial charge in [0.05, 0.1) is 11.8 Å². The molecule has 4 nitrogen and oxygen atoms in total. The SMILES string of the molecule is CC(C)(C)OC(=O)[C@H]1C=C2CCCCCC2=C[C@H]1C(=O)OC(C)(C)C. The van der Waals surface area contributed by atoms with Gasteiger partial charge in [0.1, 0.15) is 11.2 Å². The van der Waals surface area contributed by atoms with Gasteiger partial charge in [0.2, 0.25) is 0 Å². The predicted octanol–water partition coefficient (Wildman–Crippen LogP) is 4.73. The van der Waals surface area contributed by atoms with Gasteiger partial charge in [-0.15, -0.1) is 0 Å². The lowest BCUT2D eigenvalue weighted by Crippen LogP contribution is -2.38. The van der Waals surface area contributed by atoms with E-state index in [2.05, 4.69) is 0 Å². The highest BCUT2D eigenvalue weighted by atomic mass is 16.6. The Morgan fingerprint density at radius 3 is 1.44 bits per heavy atom. The molecule has 0 saturated heterocycles. The van der Waals surface area contributed by atoms with E-state index < -0.39 is 23.0 Å². The van der Waals surface area contributed by atoms with Crippen molar-refractivity contribution in [3.05, 3.63) is 23.3 Å². The normalized spacial score (nSPS) is 24.4. The summed E-state index contributed by atoms with van der Waals surface area (Å²) in [6.07, 6.45) is 9.29. The van der Waals surface area contributed by atoms with Crippen LogP contribution in [0.2, 0.25) is 0 Å². The number of allylic oxidation sites excluding steroid dienone is 2. The molecule has 0 aromatic rings. The number of esters is 2. The van der Waals surface area contributed by atoms with Gasteiger partial charge in [-0.1, -0.05) is 18.6 Å². The fourth-order valence-electron chi connectivity index (χ4n) is 3.32. The van der Waals surface area contributed by atoms with Gasteiger partial charge in [0.15, 0.2) is 0 Å². The van der Waals surface area contributed by atoms with Crippen LogP contribution in [0.3, 0.4) is 0 Å². The molecule has 2 atom stereocenters. The summed E-state index contributed by atoms with van der Waals surface area (Å²) in [5, 5.41) is 0. The van der Waals surface area contributed by atoms with Crippen molar-refractivity contribution in [1.29, 1.82) is 0 Å². The first-order valence-corrected chi connectivity index (χ1v) is 9.34. The van der Waals surface area contributed by atoms with E-state index in [4.69, 9.17) is 9.47 Å². The molecule has 0 radical (unpaired) electrons. The molecule has 0 heterocycles. The standard InChI is InChI=1S/C21H32O4/c1-20(2,3)24-18(22)16-12-14-10-8-7-9-11-15(14)13-17(16)19(23)25-21(4,5)6/h12-13,16-17H,7-11H2,1-6H3/t16-,17+. The molecular weight excluding hydrogens is 316 g/mol. The van der Waals surface area contributed by atoms with Gasteiger partial charge in [-0.2, -0.15) is 0 Å². The number of hydrogen-bond donors (Lipinski definition) is 0. The highest BCUT2D eigenvalue weighted by molar-refractivity contribution is 5.86. The van der Waals surface area contributed by atoms with E-state index in [1.54, 1.807) is 0 Å². The average molecular weight is 348 g/mol. The van der Waals surface area contributed by atoms with Crippen LogP contribution in [-0.2, 0) is 19.1 Å².